The predicted molar refractivity (Wildman–Crippen MR) is 101 cm³/mol. The first-order valence-electron chi connectivity index (χ1n) is 8.63. The molecule has 0 bridgehead atoms. The van der Waals surface area contributed by atoms with Gasteiger partial charge in [0, 0.05) is 18.8 Å². The van der Waals surface area contributed by atoms with Crippen LogP contribution in [-0.4, -0.2) is 29.4 Å². The van der Waals surface area contributed by atoms with Crippen LogP contribution in [0.1, 0.15) is 11.1 Å². The second-order valence-corrected chi connectivity index (χ2v) is 6.76. The number of benzene rings is 2. The minimum atomic E-state index is -0.984. The summed E-state index contributed by atoms with van der Waals surface area (Å²) in [5, 5.41) is 0. The average molecular weight is 382 g/mol. The molecule has 0 amide bonds. The zero-order chi connectivity index (χ0) is 19.9. The van der Waals surface area contributed by atoms with Crippen molar-refractivity contribution in [2.75, 3.05) is 13.6 Å². The molecule has 1 aliphatic rings. The Labute approximate surface area is 160 Å². The Hall–Kier alpha value is -3.35. The summed E-state index contributed by atoms with van der Waals surface area (Å²) < 4.78 is 41.8. The van der Waals surface area contributed by atoms with Crippen molar-refractivity contribution < 1.29 is 13.2 Å². The number of aliphatic imine (C=N–C) groups is 1. The third kappa shape index (κ3) is 2.98. The number of nitrogens with zero attached hydrogens (tertiary/aromatic N) is 3. The van der Waals surface area contributed by atoms with Crippen molar-refractivity contribution in [1.82, 2.24) is 9.88 Å². The molecule has 1 unspecified atom stereocenters. The van der Waals surface area contributed by atoms with Crippen LogP contribution in [0.2, 0.25) is 0 Å². The van der Waals surface area contributed by atoms with Gasteiger partial charge in [0.1, 0.15) is 17.2 Å². The van der Waals surface area contributed by atoms with Gasteiger partial charge in [-0.2, -0.15) is 4.39 Å². The molecule has 1 aromatic heterocycles. The predicted octanol–water partition coefficient (Wildman–Crippen LogP) is 3.67. The molecule has 4 rings (SSSR count). The number of likely N-dealkylation sites (N-methyl/N-ethyl adjacent to an activating group) is 1. The van der Waals surface area contributed by atoms with Gasteiger partial charge in [-0.25, -0.2) is 18.8 Å². The Balaban J connectivity index is 1.91. The Morgan fingerprint density at radius 1 is 1.00 bits per heavy atom. The summed E-state index contributed by atoms with van der Waals surface area (Å²) in [4.78, 5) is 9.98. The molecule has 2 aromatic carbocycles. The molecule has 0 fully saturated rings. The van der Waals surface area contributed by atoms with Gasteiger partial charge >= 0.3 is 0 Å². The highest BCUT2D eigenvalue weighted by atomic mass is 19.1. The molecular formula is C21H17F3N4. The first-order valence-corrected chi connectivity index (χ1v) is 8.63. The van der Waals surface area contributed by atoms with Crippen molar-refractivity contribution in [3.63, 3.8) is 0 Å². The van der Waals surface area contributed by atoms with E-state index in [1.165, 1.54) is 12.3 Å². The van der Waals surface area contributed by atoms with Crippen molar-refractivity contribution in [2.45, 2.75) is 5.54 Å². The zero-order valence-electron chi connectivity index (χ0n) is 15.0. The molecule has 28 heavy (non-hydrogen) atoms. The molecule has 3 aromatic rings. The molecule has 2 N–H and O–H groups in total. The minimum Gasteiger partial charge on any atom is -0.370 e. The van der Waals surface area contributed by atoms with E-state index >= 15 is 0 Å². The number of halogens is 3. The summed E-state index contributed by atoms with van der Waals surface area (Å²) in [7, 11) is 1.79. The molecule has 2 heterocycles. The number of nitrogens with two attached hydrogens (primary N) is 1. The van der Waals surface area contributed by atoms with Gasteiger partial charge in [-0.3, -0.25) is 0 Å². The second-order valence-electron chi connectivity index (χ2n) is 6.76. The van der Waals surface area contributed by atoms with E-state index in [1.807, 2.05) is 6.07 Å². The van der Waals surface area contributed by atoms with Crippen molar-refractivity contribution in [3.8, 4) is 11.1 Å². The van der Waals surface area contributed by atoms with E-state index in [9.17, 15) is 13.2 Å². The number of guanidine groups is 1. The smallest absolute Gasteiger partial charge is 0.213 e. The van der Waals surface area contributed by atoms with E-state index in [0.29, 0.717) is 29.2 Å². The number of hydrogen-bond acceptors (Lipinski definition) is 4. The van der Waals surface area contributed by atoms with Crippen LogP contribution in [0.4, 0.5) is 13.2 Å². The van der Waals surface area contributed by atoms with Gasteiger partial charge in [-0.05, 0) is 53.1 Å². The third-order valence-electron chi connectivity index (χ3n) is 4.95. The molecule has 0 saturated carbocycles. The van der Waals surface area contributed by atoms with E-state index in [2.05, 4.69) is 9.98 Å². The molecular weight excluding hydrogens is 365 g/mol. The van der Waals surface area contributed by atoms with Crippen LogP contribution in [0, 0.1) is 17.6 Å². The number of hydrogen-bond donors (Lipinski definition) is 1. The van der Waals surface area contributed by atoms with Crippen LogP contribution in [0.25, 0.3) is 11.1 Å². The number of pyridine rings is 1. The quantitative estimate of drug-likeness (QED) is 0.704. The lowest BCUT2D eigenvalue weighted by atomic mass is 9.83. The van der Waals surface area contributed by atoms with Crippen LogP contribution < -0.4 is 5.73 Å². The molecule has 142 valence electrons. The molecule has 0 spiro atoms. The summed E-state index contributed by atoms with van der Waals surface area (Å²) in [6, 6.07) is 13.3. The van der Waals surface area contributed by atoms with E-state index in [1.54, 1.807) is 36.2 Å². The molecule has 4 nitrogen and oxygen atoms in total. The highest BCUT2D eigenvalue weighted by molar-refractivity contribution is 5.81. The lowest BCUT2D eigenvalue weighted by Gasteiger charge is -2.28. The fourth-order valence-corrected chi connectivity index (χ4v) is 3.54. The van der Waals surface area contributed by atoms with E-state index < -0.39 is 23.1 Å². The minimum absolute atomic E-state index is 0.140. The van der Waals surface area contributed by atoms with Crippen LogP contribution in [-0.2, 0) is 5.54 Å². The summed E-state index contributed by atoms with van der Waals surface area (Å²) in [5.41, 5.74) is 6.93. The fourth-order valence-electron chi connectivity index (χ4n) is 3.54. The van der Waals surface area contributed by atoms with Crippen molar-refractivity contribution in [3.05, 3.63) is 89.5 Å². The zero-order valence-corrected chi connectivity index (χ0v) is 15.0. The lowest BCUT2D eigenvalue weighted by Crippen LogP contribution is -2.35. The van der Waals surface area contributed by atoms with Gasteiger partial charge in [-0.1, -0.05) is 18.2 Å². The molecule has 1 atom stereocenters. The van der Waals surface area contributed by atoms with Crippen LogP contribution >= 0.6 is 0 Å². The van der Waals surface area contributed by atoms with Gasteiger partial charge in [-0.15, -0.1) is 0 Å². The van der Waals surface area contributed by atoms with E-state index in [4.69, 9.17) is 5.73 Å². The summed E-state index contributed by atoms with van der Waals surface area (Å²) in [6.45, 7) is 0.372. The number of rotatable bonds is 3. The topological polar surface area (TPSA) is 54.5 Å². The fraction of sp³-hybridized carbons (Fsp3) is 0.143. The largest absolute Gasteiger partial charge is 0.370 e. The Kier molecular flexibility index (Phi) is 4.30. The second kappa shape index (κ2) is 6.67. The van der Waals surface area contributed by atoms with E-state index in [-0.39, 0.29) is 5.56 Å². The third-order valence-corrected chi connectivity index (χ3v) is 4.95. The normalized spacial score (nSPS) is 19.0. The van der Waals surface area contributed by atoms with Gasteiger partial charge in [0.25, 0.3) is 0 Å². The Bertz CT molecular complexity index is 1080. The monoisotopic (exact) mass is 382 g/mol. The van der Waals surface area contributed by atoms with Crippen LogP contribution in [0.15, 0.2) is 65.8 Å². The SMILES string of the molecule is CN1CC(c2cccc(-c3cc(F)ccc3F)c2)(c2ccnc(F)c2)N=C1N. The van der Waals surface area contributed by atoms with Crippen LogP contribution in [0.3, 0.4) is 0 Å². The Morgan fingerprint density at radius 2 is 1.79 bits per heavy atom. The maximum atomic E-state index is 14.3. The van der Waals surface area contributed by atoms with Crippen LogP contribution in [0.5, 0.6) is 0 Å². The number of aromatic nitrogens is 1. The molecule has 0 radical (unpaired) electrons. The lowest BCUT2D eigenvalue weighted by molar-refractivity contribution is 0.429. The van der Waals surface area contributed by atoms with Gasteiger partial charge in [0.05, 0.1) is 6.54 Å². The van der Waals surface area contributed by atoms with Gasteiger partial charge in [0.2, 0.25) is 5.95 Å². The Morgan fingerprint density at radius 3 is 2.50 bits per heavy atom. The first-order chi connectivity index (χ1) is 13.4. The molecule has 7 heteroatoms. The summed E-state index contributed by atoms with van der Waals surface area (Å²) >= 11 is 0. The molecule has 0 saturated heterocycles. The average Bonchev–Trinajstić information content (AvgIpc) is 3.00. The maximum Gasteiger partial charge on any atom is 0.213 e. The highest BCUT2D eigenvalue weighted by Gasteiger charge is 2.41. The summed E-state index contributed by atoms with van der Waals surface area (Å²) in [5.74, 6) is -1.39. The standard InChI is InChI=1S/C21H17F3N4/c1-28-12-21(27-20(28)25,15-7-8-26-19(24)10-15)14-4-2-3-13(9-14)17-11-16(22)5-6-18(17)23/h2-11H,12H2,1H3,(H2,25,27). The first kappa shape index (κ1) is 18.0. The maximum absolute atomic E-state index is 14.3. The van der Waals surface area contributed by atoms with Crippen molar-refractivity contribution in [2.24, 2.45) is 10.7 Å². The highest BCUT2D eigenvalue weighted by Crippen LogP contribution is 2.39. The molecule has 0 aliphatic carbocycles. The van der Waals surface area contributed by atoms with Gasteiger partial charge in [0.15, 0.2) is 5.96 Å². The summed E-state index contributed by atoms with van der Waals surface area (Å²) in [6.07, 6.45) is 1.37. The van der Waals surface area contributed by atoms with Crippen molar-refractivity contribution >= 4 is 5.96 Å². The van der Waals surface area contributed by atoms with Crippen molar-refractivity contribution in [1.29, 1.82) is 0 Å². The van der Waals surface area contributed by atoms with Gasteiger partial charge < -0.3 is 10.6 Å². The van der Waals surface area contributed by atoms with E-state index in [0.717, 1.165) is 18.2 Å². The molecule has 1 aliphatic heterocycles.